The van der Waals surface area contributed by atoms with Crippen molar-refractivity contribution < 1.29 is 31.9 Å². The van der Waals surface area contributed by atoms with E-state index in [0.717, 1.165) is 12.8 Å². The Balaban J connectivity index is 1.58. The number of hydrogen-bond donors (Lipinski definition) is 0. The maximum absolute atomic E-state index is 12.7. The van der Waals surface area contributed by atoms with Crippen molar-refractivity contribution in [3.8, 4) is 0 Å². The molecule has 2 aliphatic rings. The second kappa shape index (κ2) is 8.41. The topological polar surface area (TPSA) is 106 Å². The number of nitrogens with zero attached hydrogens (tertiary/aromatic N) is 2. The van der Waals surface area contributed by atoms with Gasteiger partial charge in [0, 0.05) is 32.8 Å². The number of carbonyl (C=O) groups excluding carboxylic acids is 2. The fraction of sp³-hybridized carbons (Fsp3) is 0.647. The minimum Gasteiger partial charge on any atom is -0.460 e. The van der Waals surface area contributed by atoms with Gasteiger partial charge in [0.25, 0.3) is 10.0 Å². The molecule has 0 aliphatic carbocycles. The van der Waals surface area contributed by atoms with Crippen LogP contribution in [0.5, 0.6) is 0 Å². The van der Waals surface area contributed by atoms with E-state index in [-0.39, 0.29) is 42.6 Å². The molecule has 150 valence electrons. The van der Waals surface area contributed by atoms with Crippen LogP contribution < -0.4 is 0 Å². The van der Waals surface area contributed by atoms with Crippen LogP contribution in [-0.4, -0.2) is 75.0 Å². The molecule has 1 amide bonds. The lowest BCUT2D eigenvalue weighted by molar-refractivity contribution is -0.134. The summed E-state index contributed by atoms with van der Waals surface area (Å²) >= 11 is 0. The fourth-order valence-corrected chi connectivity index (χ4v) is 4.54. The summed E-state index contributed by atoms with van der Waals surface area (Å²) < 4.78 is 42.1. The molecule has 9 nitrogen and oxygen atoms in total. The zero-order chi connectivity index (χ0) is 19.4. The third-order valence-corrected chi connectivity index (χ3v) is 6.44. The van der Waals surface area contributed by atoms with Gasteiger partial charge in [0.05, 0.1) is 19.1 Å². The molecule has 0 aromatic carbocycles. The molecule has 27 heavy (non-hydrogen) atoms. The van der Waals surface area contributed by atoms with Crippen molar-refractivity contribution in [2.75, 3.05) is 39.4 Å². The molecule has 0 spiro atoms. The molecular weight excluding hydrogens is 376 g/mol. The zero-order valence-corrected chi connectivity index (χ0v) is 16.1. The predicted octanol–water partition coefficient (Wildman–Crippen LogP) is 0.858. The van der Waals surface area contributed by atoms with Crippen molar-refractivity contribution in [3.63, 3.8) is 0 Å². The summed E-state index contributed by atoms with van der Waals surface area (Å²) in [6.45, 7) is 3.50. The van der Waals surface area contributed by atoms with Gasteiger partial charge in [0.2, 0.25) is 16.8 Å². The first-order valence-corrected chi connectivity index (χ1v) is 10.5. The van der Waals surface area contributed by atoms with Crippen LogP contribution in [0.15, 0.2) is 21.6 Å². The van der Waals surface area contributed by atoms with E-state index in [1.54, 1.807) is 11.8 Å². The van der Waals surface area contributed by atoms with Crippen molar-refractivity contribution in [1.82, 2.24) is 9.21 Å². The lowest BCUT2D eigenvalue weighted by Gasteiger charge is -2.33. The Morgan fingerprint density at radius 2 is 1.96 bits per heavy atom. The molecule has 0 N–H and O–H groups in total. The highest BCUT2D eigenvalue weighted by Crippen LogP contribution is 2.22. The van der Waals surface area contributed by atoms with Crippen LogP contribution in [0.4, 0.5) is 0 Å². The van der Waals surface area contributed by atoms with Crippen LogP contribution in [0.2, 0.25) is 0 Å². The van der Waals surface area contributed by atoms with Crippen molar-refractivity contribution in [2.45, 2.75) is 37.4 Å². The number of amides is 1. The number of rotatable bonds is 6. The molecule has 2 aliphatic heterocycles. The molecule has 10 heteroatoms. The van der Waals surface area contributed by atoms with Gasteiger partial charge in [-0.3, -0.25) is 4.79 Å². The summed E-state index contributed by atoms with van der Waals surface area (Å²) in [4.78, 5) is 25.6. The molecule has 1 aromatic rings. The molecule has 0 saturated carbocycles. The normalized spacial score (nSPS) is 21.4. The van der Waals surface area contributed by atoms with Crippen LogP contribution in [0.25, 0.3) is 0 Å². The van der Waals surface area contributed by atoms with Gasteiger partial charge in [0.1, 0.15) is 0 Å². The molecule has 1 aromatic heterocycles. The van der Waals surface area contributed by atoms with Gasteiger partial charge in [-0.15, -0.1) is 0 Å². The standard InChI is InChI=1S/C17H24N2O7S/c1-2-24-17(21)14-5-6-16(26-14)27(22,23)19-9-7-18(8-10-19)15(20)12-13-4-3-11-25-13/h5-6,13H,2-4,7-12H2,1H3/t13-/m1/s1. The largest absolute Gasteiger partial charge is 0.460 e. The first kappa shape index (κ1) is 19.8. The minimum absolute atomic E-state index is 0.0125. The maximum atomic E-state index is 12.7. The molecular formula is C17H24N2O7S. The number of esters is 1. The SMILES string of the molecule is CCOC(=O)c1ccc(S(=O)(=O)N2CCN(C(=O)C[C@H]3CCCO3)CC2)o1. The van der Waals surface area contributed by atoms with Crippen LogP contribution in [0, 0.1) is 0 Å². The van der Waals surface area contributed by atoms with Crippen LogP contribution >= 0.6 is 0 Å². The van der Waals surface area contributed by atoms with Crippen molar-refractivity contribution in [1.29, 1.82) is 0 Å². The molecule has 3 rings (SSSR count). The highest BCUT2D eigenvalue weighted by molar-refractivity contribution is 7.89. The van der Waals surface area contributed by atoms with Gasteiger partial charge >= 0.3 is 5.97 Å². The highest BCUT2D eigenvalue weighted by atomic mass is 32.2. The number of ether oxygens (including phenoxy) is 2. The number of hydrogen-bond acceptors (Lipinski definition) is 7. The number of furan rings is 1. The summed E-state index contributed by atoms with van der Waals surface area (Å²) in [5.74, 6) is -0.870. The smallest absolute Gasteiger partial charge is 0.374 e. The second-order valence-corrected chi connectivity index (χ2v) is 8.33. The number of carbonyl (C=O) groups is 2. The summed E-state index contributed by atoms with van der Waals surface area (Å²) in [7, 11) is -3.86. The Morgan fingerprint density at radius 1 is 1.22 bits per heavy atom. The van der Waals surface area contributed by atoms with Gasteiger partial charge < -0.3 is 18.8 Å². The summed E-state index contributed by atoms with van der Waals surface area (Å²) in [6.07, 6.45) is 2.18. The molecule has 1 atom stereocenters. The molecule has 2 fully saturated rings. The highest BCUT2D eigenvalue weighted by Gasteiger charge is 2.33. The third-order valence-electron chi connectivity index (χ3n) is 4.67. The predicted molar refractivity (Wildman–Crippen MR) is 93.6 cm³/mol. The summed E-state index contributed by atoms with van der Waals surface area (Å²) in [6, 6.07) is 2.53. The average Bonchev–Trinajstić information content (AvgIpc) is 3.34. The Labute approximate surface area is 158 Å². The van der Waals surface area contributed by atoms with Gasteiger partial charge in [0.15, 0.2) is 0 Å². The van der Waals surface area contributed by atoms with Crippen molar-refractivity contribution in [2.24, 2.45) is 0 Å². The van der Waals surface area contributed by atoms with E-state index in [1.165, 1.54) is 16.4 Å². The number of sulfonamides is 1. The first-order chi connectivity index (χ1) is 12.9. The molecule has 0 radical (unpaired) electrons. The second-order valence-electron chi connectivity index (χ2n) is 6.46. The third kappa shape index (κ3) is 4.50. The van der Waals surface area contributed by atoms with Crippen molar-refractivity contribution in [3.05, 3.63) is 17.9 Å². The quantitative estimate of drug-likeness (QED) is 0.652. The molecule has 3 heterocycles. The number of piperazine rings is 1. The fourth-order valence-electron chi connectivity index (χ4n) is 3.21. The van der Waals surface area contributed by atoms with E-state index in [2.05, 4.69) is 0 Å². The van der Waals surface area contributed by atoms with Crippen molar-refractivity contribution >= 4 is 21.9 Å². The van der Waals surface area contributed by atoms with Gasteiger partial charge in [-0.05, 0) is 31.9 Å². The molecule has 0 unspecified atom stereocenters. The lowest BCUT2D eigenvalue weighted by Crippen LogP contribution is -2.50. The Kier molecular flexibility index (Phi) is 6.18. The zero-order valence-electron chi connectivity index (χ0n) is 15.3. The average molecular weight is 400 g/mol. The van der Waals surface area contributed by atoms with E-state index in [0.29, 0.717) is 26.1 Å². The van der Waals surface area contributed by atoms with E-state index in [1.807, 2.05) is 0 Å². The maximum Gasteiger partial charge on any atom is 0.374 e. The van der Waals surface area contributed by atoms with E-state index in [4.69, 9.17) is 13.9 Å². The van der Waals surface area contributed by atoms with Crippen LogP contribution in [0.3, 0.4) is 0 Å². The van der Waals surface area contributed by atoms with Crippen LogP contribution in [0.1, 0.15) is 36.7 Å². The van der Waals surface area contributed by atoms with E-state index < -0.39 is 16.0 Å². The lowest BCUT2D eigenvalue weighted by atomic mass is 10.1. The minimum atomic E-state index is -3.86. The van der Waals surface area contributed by atoms with E-state index in [9.17, 15) is 18.0 Å². The van der Waals surface area contributed by atoms with Gasteiger partial charge in [-0.25, -0.2) is 13.2 Å². The first-order valence-electron chi connectivity index (χ1n) is 9.08. The van der Waals surface area contributed by atoms with Gasteiger partial charge in [-0.1, -0.05) is 0 Å². The Hall–Kier alpha value is -1.91. The summed E-state index contributed by atoms with van der Waals surface area (Å²) in [5.41, 5.74) is 0. The van der Waals surface area contributed by atoms with Crippen LogP contribution in [-0.2, 0) is 24.3 Å². The monoisotopic (exact) mass is 400 g/mol. The van der Waals surface area contributed by atoms with E-state index >= 15 is 0 Å². The summed E-state index contributed by atoms with van der Waals surface area (Å²) in [5, 5.41) is -0.301. The van der Waals surface area contributed by atoms with Gasteiger partial charge in [-0.2, -0.15) is 4.31 Å². The molecule has 0 bridgehead atoms. The Morgan fingerprint density at radius 3 is 2.59 bits per heavy atom. The molecule has 2 saturated heterocycles. The Bertz CT molecular complexity index is 775.